The molecule has 0 aliphatic heterocycles. The van der Waals surface area contributed by atoms with Crippen molar-refractivity contribution in [3.63, 3.8) is 0 Å². The molecule has 0 aliphatic carbocycles. The number of ether oxygens (including phenoxy) is 1. The van der Waals surface area contributed by atoms with Crippen molar-refractivity contribution in [1.29, 1.82) is 0 Å². The van der Waals surface area contributed by atoms with Gasteiger partial charge in [-0.15, -0.1) is 11.3 Å². The second-order valence-electron chi connectivity index (χ2n) is 5.67. The van der Waals surface area contributed by atoms with E-state index in [1.807, 2.05) is 24.3 Å². The highest BCUT2D eigenvalue weighted by molar-refractivity contribution is 7.15. The summed E-state index contributed by atoms with van der Waals surface area (Å²) in [6.45, 7) is 2.07. The summed E-state index contributed by atoms with van der Waals surface area (Å²) >= 11 is 1.48. The molecule has 0 saturated carbocycles. The van der Waals surface area contributed by atoms with Gasteiger partial charge in [-0.3, -0.25) is 0 Å². The number of thiazole rings is 1. The van der Waals surface area contributed by atoms with Gasteiger partial charge in [-0.05, 0) is 57.7 Å². The van der Waals surface area contributed by atoms with Crippen LogP contribution in [-0.4, -0.2) is 48.3 Å². The number of carbonyl (C=O) groups is 1. The quantitative estimate of drug-likeness (QED) is 0.680. The molecule has 0 unspecified atom stereocenters. The zero-order chi connectivity index (χ0) is 17.4. The van der Waals surface area contributed by atoms with Crippen molar-refractivity contribution in [2.75, 3.05) is 27.2 Å². The fraction of sp³-hybridized carbons (Fsp3) is 0.412. The molecule has 2 rings (SSSR count). The third-order valence-corrected chi connectivity index (χ3v) is 4.38. The second-order valence-corrected chi connectivity index (χ2v) is 6.79. The molecule has 0 fully saturated rings. The lowest BCUT2D eigenvalue weighted by atomic mass is 10.2. The number of rotatable bonds is 9. The van der Waals surface area contributed by atoms with Crippen molar-refractivity contribution in [2.24, 2.45) is 0 Å². The Morgan fingerprint density at radius 1 is 1.29 bits per heavy atom. The predicted molar refractivity (Wildman–Crippen MR) is 95.7 cm³/mol. The van der Waals surface area contributed by atoms with E-state index < -0.39 is 6.09 Å². The Hall–Kier alpha value is -2.12. The van der Waals surface area contributed by atoms with Crippen LogP contribution in [-0.2, 0) is 6.54 Å². The summed E-state index contributed by atoms with van der Waals surface area (Å²) in [6.07, 6.45) is 2.83. The molecule has 1 amide bonds. The SMILES string of the molecule is CN(C)CCCCOc1ccc(-c2ncc(CNC(=O)O)s2)cc1. The van der Waals surface area contributed by atoms with Crippen LogP contribution in [0.15, 0.2) is 30.5 Å². The summed E-state index contributed by atoms with van der Waals surface area (Å²) in [5, 5.41) is 11.8. The molecular weight excluding hydrogens is 326 g/mol. The standard InChI is InChI=1S/C17H23N3O3S/c1-20(2)9-3-4-10-23-14-7-5-13(6-8-14)16-18-11-15(24-16)12-19-17(21)22/h5-8,11,19H,3-4,9-10,12H2,1-2H3,(H,21,22). The maximum Gasteiger partial charge on any atom is 0.404 e. The fourth-order valence-corrected chi connectivity index (χ4v) is 2.96. The first-order valence-corrected chi connectivity index (χ1v) is 8.65. The van der Waals surface area contributed by atoms with E-state index in [0.717, 1.165) is 47.2 Å². The molecule has 0 spiro atoms. The lowest BCUT2D eigenvalue weighted by Crippen LogP contribution is -2.19. The number of nitrogens with one attached hydrogen (secondary N) is 1. The molecule has 0 saturated heterocycles. The Morgan fingerprint density at radius 2 is 2.04 bits per heavy atom. The molecule has 1 heterocycles. The van der Waals surface area contributed by atoms with Crippen LogP contribution >= 0.6 is 11.3 Å². The van der Waals surface area contributed by atoms with E-state index in [2.05, 4.69) is 29.3 Å². The molecule has 0 atom stereocenters. The summed E-state index contributed by atoms with van der Waals surface area (Å²) in [5.74, 6) is 0.855. The Morgan fingerprint density at radius 3 is 2.71 bits per heavy atom. The van der Waals surface area contributed by atoms with E-state index in [1.54, 1.807) is 6.20 Å². The molecule has 1 aromatic heterocycles. The highest BCUT2D eigenvalue weighted by Gasteiger charge is 2.06. The van der Waals surface area contributed by atoms with Crippen molar-refractivity contribution in [3.8, 4) is 16.3 Å². The smallest absolute Gasteiger partial charge is 0.404 e. The van der Waals surface area contributed by atoms with E-state index in [-0.39, 0.29) is 6.54 Å². The summed E-state index contributed by atoms with van der Waals surface area (Å²) in [7, 11) is 4.14. The van der Waals surface area contributed by atoms with Crippen LogP contribution in [0, 0.1) is 0 Å². The van der Waals surface area contributed by atoms with Gasteiger partial charge in [0.2, 0.25) is 0 Å². The van der Waals surface area contributed by atoms with Gasteiger partial charge in [0.05, 0.1) is 13.2 Å². The third-order valence-electron chi connectivity index (χ3n) is 3.34. The number of hydrogen-bond acceptors (Lipinski definition) is 5. The predicted octanol–water partition coefficient (Wildman–Crippen LogP) is 3.30. The van der Waals surface area contributed by atoms with Gasteiger partial charge in [0.25, 0.3) is 0 Å². The first kappa shape index (κ1) is 18.2. The fourth-order valence-electron chi connectivity index (χ4n) is 2.10. The zero-order valence-corrected chi connectivity index (χ0v) is 14.8. The molecule has 0 bridgehead atoms. The van der Waals surface area contributed by atoms with E-state index in [4.69, 9.17) is 9.84 Å². The largest absolute Gasteiger partial charge is 0.494 e. The molecule has 7 heteroatoms. The normalized spacial score (nSPS) is 10.8. The van der Waals surface area contributed by atoms with Crippen LogP contribution in [0.25, 0.3) is 10.6 Å². The number of amides is 1. The molecule has 6 nitrogen and oxygen atoms in total. The summed E-state index contributed by atoms with van der Waals surface area (Å²) in [6, 6.07) is 7.83. The first-order valence-electron chi connectivity index (χ1n) is 7.84. The molecule has 0 aliphatic rings. The second kappa shape index (κ2) is 9.24. The van der Waals surface area contributed by atoms with Gasteiger partial charge in [0, 0.05) is 16.6 Å². The number of aromatic nitrogens is 1. The van der Waals surface area contributed by atoms with Crippen LogP contribution in [0.2, 0.25) is 0 Å². The number of benzene rings is 1. The van der Waals surface area contributed by atoms with E-state index in [1.165, 1.54) is 11.3 Å². The zero-order valence-electron chi connectivity index (χ0n) is 14.0. The summed E-state index contributed by atoms with van der Waals surface area (Å²) in [4.78, 5) is 17.9. The van der Waals surface area contributed by atoms with Crippen molar-refractivity contribution < 1.29 is 14.6 Å². The van der Waals surface area contributed by atoms with Gasteiger partial charge in [-0.25, -0.2) is 9.78 Å². The minimum absolute atomic E-state index is 0.279. The maximum absolute atomic E-state index is 10.5. The lowest BCUT2D eigenvalue weighted by Gasteiger charge is -2.10. The Labute approximate surface area is 146 Å². The van der Waals surface area contributed by atoms with Gasteiger partial charge >= 0.3 is 6.09 Å². The Bertz CT molecular complexity index is 641. The average molecular weight is 349 g/mol. The van der Waals surface area contributed by atoms with E-state index >= 15 is 0 Å². The molecule has 130 valence electrons. The van der Waals surface area contributed by atoms with Gasteiger partial charge in [0.15, 0.2) is 0 Å². The first-order chi connectivity index (χ1) is 11.5. The van der Waals surface area contributed by atoms with E-state index in [9.17, 15) is 4.79 Å². The number of hydrogen-bond donors (Lipinski definition) is 2. The maximum atomic E-state index is 10.5. The van der Waals surface area contributed by atoms with Crippen molar-refractivity contribution in [3.05, 3.63) is 35.3 Å². The minimum atomic E-state index is -1.03. The molecule has 0 radical (unpaired) electrons. The van der Waals surface area contributed by atoms with Crippen LogP contribution in [0.1, 0.15) is 17.7 Å². The lowest BCUT2D eigenvalue weighted by molar-refractivity contribution is 0.194. The number of carboxylic acid groups (broad SMARTS) is 1. The molecular formula is C17H23N3O3S. The molecule has 24 heavy (non-hydrogen) atoms. The Kier molecular flexibility index (Phi) is 7.02. The monoisotopic (exact) mass is 349 g/mol. The van der Waals surface area contributed by atoms with Crippen LogP contribution in [0.3, 0.4) is 0 Å². The Balaban J connectivity index is 1.82. The number of nitrogens with zero attached hydrogens (tertiary/aromatic N) is 2. The minimum Gasteiger partial charge on any atom is -0.494 e. The van der Waals surface area contributed by atoms with Crippen LogP contribution < -0.4 is 10.1 Å². The van der Waals surface area contributed by atoms with Gasteiger partial charge in [0.1, 0.15) is 10.8 Å². The van der Waals surface area contributed by atoms with Gasteiger partial charge < -0.3 is 20.1 Å². The van der Waals surface area contributed by atoms with E-state index in [0.29, 0.717) is 0 Å². The van der Waals surface area contributed by atoms with Gasteiger partial charge in [-0.1, -0.05) is 0 Å². The van der Waals surface area contributed by atoms with Crippen molar-refractivity contribution >= 4 is 17.4 Å². The topological polar surface area (TPSA) is 74.7 Å². The highest BCUT2D eigenvalue weighted by Crippen LogP contribution is 2.26. The van der Waals surface area contributed by atoms with Gasteiger partial charge in [-0.2, -0.15) is 0 Å². The van der Waals surface area contributed by atoms with Crippen LogP contribution in [0.5, 0.6) is 5.75 Å². The summed E-state index contributed by atoms with van der Waals surface area (Å²) < 4.78 is 5.74. The molecule has 2 N–H and O–H groups in total. The summed E-state index contributed by atoms with van der Waals surface area (Å²) in [5.41, 5.74) is 1.00. The van der Waals surface area contributed by atoms with Crippen molar-refractivity contribution in [1.82, 2.24) is 15.2 Å². The average Bonchev–Trinajstić information content (AvgIpc) is 3.02. The molecule has 2 aromatic rings. The molecule has 1 aromatic carbocycles. The van der Waals surface area contributed by atoms with Crippen LogP contribution in [0.4, 0.5) is 4.79 Å². The third kappa shape index (κ3) is 6.17. The highest BCUT2D eigenvalue weighted by atomic mass is 32.1. The van der Waals surface area contributed by atoms with Crippen molar-refractivity contribution in [2.45, 2.75) is 19.4 Å². The number of unbranched alkanes of at least 4 members (excludes halogenated alkanes) is 1.